The van der Waals surface area contributed by atoms with E-state index in [1.807, 2.05) is 18.2 Å². The minimum absolute atomic E-state index is 0.0492. The van der Waals surface area contributed by atoms with Gasteiger partial charge in [-0.05, 0) is 5.56 Å². The summed E-state index contributed by atoms with van der Waals surface area (Å²) in [6, 6.07) is 10.1. The van der Waals surface area contributed by atoms with E-state index in [9.17, 15) is 4.79 Å². The fourth-order valence-electron chi connectivity index (χ4n) is 1.54. The Morgan fingerprint density at radius 1 is 1.21 bits per heavy atom. The number of aromatic nitrogens is 3. The molecule has 2 rings (SSSR count). The zero-order valence-corrected chi connectivity index (χ0v) is 11.3. The smallest absolute Gasteiger partial charge is 0.230 e. The summed E-state index contributed by atoms with van der Waals surface area (Å²) in [5, 5.41) is 10.8. The predicted molar refractivity (Wildman–Crippen MR) is 75.6 cm³/mol. The molecule has 0 aliphatic rings. The molecule has 0 fully saturated rings. The van der Waals surface area contributed by atoms with Crippen LogP contribution in [0, 0.1) is 0 Å². The van der Waals surface area contributed by atoms with Crippen LogP contribution in [0.1, 0.15) is 5.56 Å². The summed E-state index contributed by atoms with van der Waals surface area (Å²) in [5.74, 6) is 1.38. The summed E-state index contributed by atoms with van der Waals surface area (Å²) in [4.78, 5) is 13.1. The molecule has 0 aliphatic carbocycles. The van der Waals surface area contributed by atoms with Gasteiger partial charge in [0.2, 0.25) is 5.91 Å². The Hall–Kier alpha value is -1.82. The van der Waals surface area contributed by atoms with Gasteiger partial charge >= 0.3 is 0 Å². The number of nitrogens with zero attached hydrogens (tertiary/aromatic N) is 3. The molecular formula is C13H16N4OS. The average Bonchev–Trinajstić information content (AvgIpc) is 2.93. The third-order valence-electron chi connectivity index (χ3n) is 2.45. The van der Waals surface area contributed by atoms with Gasteiger partial charge in [0.05, 0.1) is 24.7 Å². The Labute approximate surface area is 116 Å². The van der Waals surface area contributed by atoms with Gasteiger partial charge in [0.1, 0.15) is 0 Å². The zero-order valence-electron chi connectivity index (χ0n) is 10.5. The molecule has 1 heterocycles. The van der Waals surface area contributed by atoms with Crippen LogP contribution in [0.15, 0.2) is 42.7 Å². The van der Waals surface area contributed by atoms with Crippen molar-refractivity contribution < 1.29 is 4.79 Å². The van der Waals surface area contributed by atoms with Crippen LogP contribution in [-0.2, 0) is 17.1 Å². The Balaban J connectivity index is 1.57. The van der Waals surface area contributed by atoms with Crippen LogP contribution in [0.25, 0.3) is 0 Å². The highest BCUT2D eigenvalue weighted by molar-refractivity contribution is 7.99. The van der Waals surface area contributed by atoms with Crippen LogP contribution in [0.3, 0.4) is 0 Å². The van der Waals surface area contributed by atoms with Gasteiger partial charge in [-0.2, -0.15) is 15.0 Å². The number of thioether (sulfide) groups is 1. The molecule has 1 N–H and O–H groups in total. The summed E-state index contributed by atoms with van der Waals surface area (Å²) in [7, 11) is 0. The molecule has 0 radical (unpaired) electrons. The maximum absolute atomic E-state index is 11.6. The van der Waals surface area contributed by atoms with Crippen LogP contribution >= 0.6 is 11.8 Å². The van der Waals surface area contributed by atoms with Gasteiger partial charge in [0.15, 0.2) is 0 Å². The first-order valence-electron chi connectivity index (χ1n) is 6.07. The van der Waals surface area contributed by atoms with Crippen LogP contribution in [0.5, 0.6) is 0 Å². The highest BCUT2D eigenvalue weighted by atomic mass is 32.2. The first-order chi connectivity index (χ1) is 9.34. The molecule has 1 aromatic heterocycles. The monoisotopic (exact) mass is 276 g/mol. The Morgan fingerprint density at radius 2 is 1.95 bits per heavy atom. The molecule has 2 aromatic rings. The summed E-state index contributed by atoms with van der Waals surface area (Å²) < 4.78 is 0. The van der Waals surface area contributed by atoms with Crippen molar-refractivity contribution in [2.75, 3.05) is 12.3 Å². The lowest BCUT2D eigenvalue weighted by atomic mass is 10.2. The summed E-state index contributed by atoms with van der Waals surface area (Å²) in [6.45, 7) is 1.15. The summed E-state index contributed by atoms with van der Waals surface area (Å²) in [5.41, 5.74) is 1.24. The lowest BCUT2D eigenvalue weighted by molar-refractivity contribution is -0.118. The molecule has 0 bridgehead atoms. The largest absolute Gasteiger partial charge is 0.353 e. The maximum atomic E-state index is 11.6. The lowest BCUT2D eigenvalue weighted by Crippen LogP contribution is -2.29. The highest BCUT2D eigenvalue weighted by Gasteiger charge is 2.01. The first-order valence-corrected chi connectivity index (χ1v) is 7.22. The van der Waals surface area contributed by atoms with Gasteiger partial charge in [-0.1, -0.05) is 30.3 Å². The van der Waals surface area contributed by atoms with Gasteiger partial charge in [-0.3, -0.25) is 4.79 Å². The Morgan fingerprint density at radius 3 is 2.68 bits per heavy atom. The molecule has 5 nitrogen and oxygen atoms in total. The van der Waals surface area contributed by atoms with E-state index in [-0.39, 0.29) is 5.91 Å². The van der Waals surface area contributed by atoms with Gasteiger partial charge in [-0.15, -0.1) is 11.8 Å². The molecule has 100 valence electrons. The standard InChI is InChI=1S/C13H16N4OS/c18-13(14-8-9-17-15-6-7-16-17)11-19-10-12-4-2-1-3-5-12/h1-7H,8-11H2,(H,14,18). The van der Waals surface area contributed by atoms with Gasteiger partial charge in [0, 0.05) is 12.3 Å². The molecule has 0 atom stereocenters. The third kappa shape index (κ3) is 5.13. The van der Waals surface area contributed by atoms with E-state index in [0.29, 0.717) is 18.8 Å². The summed E-state index contributed by atoms with van der Waals surface area (Å²) >= 11 is 1.61. The van der Waals surface area contributed by atoms with Crippen LogP contribution in [0.4, 0.5) is 0 Å². The fraction of sp³-hybridized carbons (Fsp3) is 0.308. The van der Waals surface area contributed by atoms with Crippen molar-refractivity contribution in [2.24, 2.45) is 0 Å². The van der Waals surface area contributed by atoms with Crippen LogP contribution in [-0.4, -0.2) is 33.2 Å². The molecule has 0 aliphatic heterocycles. The average molecular weight is 276 g/mol. The predicted octanol–water partition coefficient (Wildman–Crippen LogP) is 1.33. The number of benzene rings is 1. The molecule has 19 heavy (non-hydrogen) atoms. The fourth-order valence-corrected chi connectivity index (χ4v) is 2.36. The quantitative estimate of drug-likeness (QED) is 0.829. The van der Waals surface area contributed by atoms with E-state index in [4.69, 9.17) is 0 Å². The molecule has 0 saturated carbocycles. The van der Waals surface area contributed by atoms with Crippen LogP contribution < -0.4 is 5.32 Å². The van der Waals surface area contributed by atoms with Crippen molar-refractivity contribution in [3.8, 4) is 0 Å². The Bertz CT molecular complexity index is 487. The maximum Gasteiger partial charge on any atom is 0.230 e. The van der Waals surface area contributed by atoms with Crippen LogP contribution in [0.2, 0.25) is 0 Å². The zero-order chi connectivity index (χ0) is 13.3. The van der Waals surface area contributed by atoms with Crippen molar-refractivity contribution in [3.63, 3.8) is 0 Å². The topological polar surface area (TPSA) is 59.8 Å². The molecule has 1 aromatic carbocycles. The number of nitrogens with one attached hydrogen (secondary N) is 1. The van der Waals surface area contributed by atoms with Gasteiger partial charge < -0.3 is 5.32 Å². The molecular weight excluding hydrogens is 260 g/mol. The molecule has 1 amide bonds. The van der Waals surface area contributed by atoms with E-state index < -0.39 is 0 Å². The van der Waals surface area contributed by atoms with Gasteiger partial charge in [-0.25, -0.2) is 0 Å². The highest BCUT2D eigenvalue weighted by Crippen LogP contribution is 2.10. The van der Waals surface area contributed by atoms with Crippen molar-refractivity contribution >= 4 is 17.7 Å². The second kappa shape index (κ2) is 7.58. The number of amides is 1. The van der Waals surface area contributed by atoms with Crippen molar-refractivity contribution in [3.05, 3.63) is 48.3 Å². The first kappa shape index (κ1) is 13.6. The number of carbonyl (C=O) groups is 1. The molecule has 6 heteroatoms. The van der Waals surface area contributed by atoms with E-state index >= 15 is 0 Å². The van der Waals surface area contributed by atoms with E-state index in [2.05, 4.69) is 27.6 Å². The SMILES string of the molecule is O=C(CSCc1ccccc1)NCCn1nccn1. The van der Waals surface area contributed by atoms with Gasteiger partial charge in [0.25, 0.3) is 0 Å². The second-order valence-corrected chi connectivity index (χ2v) is 4.94. The number of rotatable bonds is 7. The second-order valence-electron chi connectivity index (χ2n) is 3.95. The normalized spacial score (nSPS) is 10.3. The molecule has 0 saturated heterocycles. The Kier molecular flexibility index (Phi) is 5.43. The van der Waals surface area contributed by atoms with E-state index in [0.717, 1.165) is 5.75 Å². The minimum Gasteiger partial charge on any atom is -0.353 e. The number of hydrogen-bond donors (Lipinski definition) is 1. The number of hydrogen-bond acceptors (Lipinski definition) is 4. The molecule has 0 unspecified atom stereocenters. The lowest BCUT2D eigenvalue weighted by Gasteiger charge is -2.05. The summed E-state index contributed by atoms with van der Waals surface area (Å²) in [6.07, 6.45) is 3.25. The van der Waals surface area contributed by atoms with Crippen molar-refractivity contribution in [1.82, 2.24) is 20.3 Å². The minimum atomic E-state index is 0.0492. The van der Waals surface area contributed by atoms with Crippen molar-refractivity contribution in [1.29, 1.82) is 0 Å². The van der Waals surface area contributed by atoms with E-state index in [1.165, 1.54) is 5.56 Å². The number of carbonyl (C=O) groups excluding carboxylic acids is 1. The molecule has 0 spiro atoms. The van der Waals surface area contributed by atoms with E-state index in [1.54, 1.807) is 29.0 Å². The van der Waals surface area contributed by atoms with Crippen molar-refractivity contribution in [2.45, 2.75) is 12.3 Å². The third-order valence-corrected chi connectivity index (χ3v) is 3.45.